The molecule has 0 aromatic carbocycles. The summed E-state index contributed by atoms with van der Waals surface area (Å²) in [6.07, 6.45) is 7.90. The van der Waals surface area contributed by atoms with E-state index in [4.69, 9.17) is 23.2 Å². The fourth-order valence-corrected chi connectivity index (χ4v) is 7.83. The SMILES string of the molecule is ClC12CC3C4CC5(Cl)CC3C(C1)C(C5)C4C2. The Kier molecular flexibility index (Phi) is 1.47. The van der Waals surface area contributed by atoms with E-state index in [1.807, 2.05) is 0 Å². The molecule has 0 spiro atoms. The van der Waals surface area contributed by atoms with Gasteiger partial charge in [-0.1, -0.05) is 0 Å². The Hall–Kier alpha value is 0.580. The van der Waals surface area contributed by atoms with Gasteiger partial charge in [0.1, 0.15) is 0 Å². The Balaban J connectivity index is 1.68. The van der Waals surface area contributed by atoms with Gasteiger partial charge in [-0.2, -0.15) is 0 Å². The zero-order chi connectivity index (χ0) is 10.7. The molecule has 0 aromatic rings. The molecule has 0 aliphatic heterocycles. The van der Waals surface area contributed by atoms with Crippen molar-refractivity contribution >= 4 is 23.2 Å². The van der Waals surface area contributed by atoms with Crippen molar-refractivity contribution in [1.82, 2.24) is 0 Å². The van der Waals surface area contributed by atoms with Gasteiger partial charge in [0.05, 0.1) is 0 Å². The van der Waals surface area contributed by atoms with Crippen molar-refractivity contribution in [3.05, 3.63) is 0 Å². The zero-order valence-electron chi connectivity index (χ0n) is 9.46. The molecule has 0 nitrogen and oxygen atoms in total. The monoisotopic (exact) mass is 256 g/mol. The first kappa shape index (κ1) is 9.50. The van der Waals surface area contributed by atoms with Crippen LogP contribution < -0.4 is 0 Å². The summed E-state index contributed by atoms with van der Waals surface area (Å²) in [5.41, 5.74) is 0. The fourth-order valence-electron chi connectivity index (χ4n) is 6.76. The predicted molar refractivity (Wildman–Crippen MR) is 65.8 cm³/mol. The first-order valence-electron chi connectivity index (χ1n) is 6.95. The van der Waals surface area contributed by atoms with E-state index in [0.717, 1.165) is 35.5 Å². The Labute approximate surface area is 107 Å². The van der Waals surface area contributed by atoms with Gasteiger partial charge >= 0.3 is 0 Å². The van der Waals surface area contributed by atoms with Crippen molar-refractivity contribution in [2.75, 3.05) is 0 Å². The third-order valence-corrected chi connectivity index (χ3v) is 7.83. The molecule has 0 saturated heterocycles. The van der Waals surface area contributed by atoms with Crippen LogP contribution >= 0.6 is 23.2 Å². The summed E-state index contributed by atoms with van der Waals surface area (Å²) in [5.74, 6) is 5.74. The summed E-state index contributed by atoms with van der Waals surface area (Å²) in [5, 5.41) is 0. The number of halogens is 2. The van der Waals surface area contributed by atoms with E-state index in [2.05, 4.69) is 0 Å². The van der Waals surface area contributed by atoms with E-state index in [9.17, 15) is 0 Å². The molecule has 0 aromatic heterocycles. The van der Waals surface area contributed by atoms with Gasteiger partial charge in [0.2, 0.25) is 0 Å². The molecule has 7 aliphatic carbocycles. The van der Waals surface area contributed by atoms with Crippen LogP contribution in [-0.2, 0) is 0 Å². The van der Waals surface area contributed by atoms with Crippen LogP contribution in [-0.4, -0.2) is 9.75 Å². The molecule has 7 aliphatic rings. The topological polar surface area (TPSA) is 0 Å². The van der Waals surface area contributed by atoms with Gasteiger partial charge in [-0.25, -0.2) is 0 Å². The lowest BCUT2D eigenvalue weighted by atomic mass is 9.35. The first-order valence-corrected chi connectivity index (χ1v) is 7.70. The maximum Gasteiger partial charge on any atom is 0.0455 e. The molecule has 7 rings (SSSR count). The second-order valence-corrected chi connectivity index (χ2v) is 9.11. The minimum atomic E-state index is 0.215. The van der Waals surface area contributed by atoms with Gasteiger partial charge < -0.3 is 0 Å². The molecule has 0 N–H and O–H groups in total. The standard InChI is InChI=1S/C14H18Cl2/c15-13-1-7-8-4-14(16)5-9(7)11(3-13)12(6-14)10(8)2-13/h7-12H,1-6H2. The number of hydrogen-bond acceptors (Lipinski definition) is 0. The number of rotatable bonds is 0. The summed E-state index contributed by atoms with van der Waals surface area (Å²) in [6.45, 7) is 0. The average molecular weight is 257 g/mol. The molecular weight excluding hydrogens is 239 g/mol. The normalized spacial score (nSPS) is 73.9. The van der Waals surface area contributed by atoms with Crippen molar-refractivity contribution in [3.63, 3.8) is 0 Å². The quantitative estimate of drug-likeness (QED) is 0.574. The highest BCUT2D eigenvalue weighted by Gasteiger charge is 2.69. The van der Waals surface area contributed by atoms with Crippen molar-refractivity contribution in [1.29, 1.82) is 0 Å². The summed E-state index contributed by atoms with van der Waals surface area (Å²) in [4.78, 5) is 0.431. The number of alkyl halides is 2. The van der Waals surface area contributed by atoms with E-state index in [-0.39, 0.29) is 9.75 Å². The molecule has 7 fully saturated rings. The lowest BCUT2D eigenvalue weighted by molar-refractivity contribution is -0.189. The molecule has 0 atom stereocenters. The minimum Gasteiger partial charge on any atom is -0.119 e. The molecule has 0 radical (unpaired) electrons. The smallest absolute Gasteiger partial charge is 0.0455 e. The Morgan fingerprint density at radius 1 is 0.500 bits per heavy atom. The van der Waals surface area contributed by atoms with Crippen molar-refractivity contribution in [2.24, 2.45) is 35.5 Å². The Bertz CT molecular complexity index is 276. The molecule has 0 amide bonds. The van der Waals surface area contributed by atoms with Crippen LogP contribution in [0.4, 0.5) is 0 Å². The van der Waals surface area contributed by atoms with Gasteiger partial charge in [0, 0.05) is 9.75 Å². The van der Waals surface area contributed by atoms with Crippen molar-refractivity contribution in [2.45, 2.75) is 48.3 Å². The Morgan fingerprint density at radius 3 is 0.875 bits per heavy atom. The molecule has 16 heavy (non-hydrogen) atoms. The van der Waals surface area contributed by atoms with E-state index < -0.39 is 0 Å². The molecule has 2 heteroatoms. The third-order valence-electron chi connectivity index (χ3n) is 6.91. The maximum absolute atomic E-state index is 6.83. The molecule has 88 valence electrons. The van der Waals surface area contributed by atoms with E-state index in [1.54, 1.807) is 0 Å². The van der Waals surface area contributed by atoms with Crippen LogP contribution in [0.1, 0.15) is 38.5 Å². The zero-order valence-corrected chi connectivity index (χ0v) is 11.0. The van der Waals surface area contributed by atoms with E-state index in [1.165, 1.54) is 38.5 Å². The van der Waals surface area contributed by atoms with Crippen LogP contribution in [0.2, 0.25) is 0 Å². The molecule has 7 saturated carbocycles. The average Bonchev–Trinajstić information content (AvgIpc) is 2.22. The second kappa shape index (κ2) is 2.48. The highest BCUT2D eigenvalue weighted by molar-refractivity contribution is 6.25. The molecule has 8 bridgehead atoms. The predicted octanol–water partition coefficient (Wildman–Crippen LogP) is 4.05. The Morgan fingerprint density at radius 2 is 0.688 bits per heavy atom. The van der Waals surface area contributed by atoms with E-state index >= 15 is 0 Å². The van der Waals surface area contributed by atoms with Crippen LogP contribution in [0.15, 0.2) is 0 Å². The maximum atomic E-state index is 6.83. The molecule has 0 unspecified atom stereocenters. The van der Waals surface area contributed by atoms with Gasteiger partial charge in [0.25, 0.3) is 0 Å². The first-order chi connectivity index (χ1) is 7.57. The van der Waals surface area contributed by atoms with Crippen molar-refractivity contribution in [3.8, 4) is 0 Å². The fraction of sp³-hybridized carbons (Fsp3) is 1.00. The molecule has 0 heterocycles. The van der Waals surface area contributed by atoms with Gasteiger partial charge in [-0.15, -0.1) is 23.2 Å². The minimum absolute atomic E-state index is 0.215. The van der Waals surface area contributed by atoms with Crippen LogP contribution in [0.25, 0.3) is 0 Å². The highest BCUT2D eigenvalue weighted by Crippen LogP contribution is 2.74. The van der Waals surface area contributed by atoms with Crippen LogP contribution in [0, 0.1) is 35.5 Å². The van der Waals surface area contributed by atoms with Gasteiger partial charge in [0.15, 0.2) is 0 Å². The number of hydrogen-bond donors (Lipinski definition) is 0. The van der Waals surface area contributed by atoms with Gasteiger partial charge in [-0.3, -0.25) is 0 Å². The van der Waals surface area contributed by atoms with Crippen LogP contribution in [0.3, 0.4) is 0 Å². The van der Waals surface area contributed by atoms with Crippen LogP contribution in [0.5, 0.6) is 0 Å². The van der Waals surface area contributed by atoms with Crippen molar-refractivity contribution < 1.29 is 0 Å². The second-order valence-electron chi connectivity index (χ2n) is 7.51. The largest absolute Gasteiger partial charge is 0.119 e. The highest BCUT2D eigenvalue weighted by atomic mass is 35.5. The lowest BCUT2D eigenvalue weighted by Gasteiger charge is -2.73. The third kappa shape index (κ3) is 0.903. The summed E-state index contributed by atoms with van der Waals surface area (Å²) >= 11 is 13.7. The lowest BCUT2D eigenvalue weighted by Crippen LogP contribution is -2.68. The van der Waals surface area contributed by atoms with E-state index in [0.29, 0.717) is 0 Å². The summed E-state index contributed by atoms with van der Waals surface area (Å²) in [6, 6.07) is 0. The van der Waals surface area contributed by atoms with Gasteiger partial charge in [-0.05, 0) is 74.0 Å². The molecular formula is C14H18Cl2. The summed E-state index contributed by atoms with van der Waals surface area (Å²) in [7, 11) is 0. The summed E-state index contributed by atoms with van der Waals surface area (Å²) < 4.78 is 0.